The van der Waals surface area contributed by atoms with E-state index in [1.165, 1.54) is 5.56 Å². The van der Waals surface area contributed by atoms with E-state index in [0.717, 1.165) is 24.0 Å². The van der Waals surface area contributed by atoms with E-state index in [1.807, 2.05) is 36.4 Å². The van der Waals surface area contributed by atoms with E-state index in [1.54, 1.807) is 0 Å². The maximum atomic E-state index is 10.2. The smallest absolute Gasteiger partial charge is 0.111 e. The van der Waals surface area contributed by atoms with Crippen molar-refractivity contribution in [3.05, 3.63) is 71.3 Å². The zero-order chi connectivity index (χ0) is 16.9. The lowest BCUT2D eigenvalue weighted by molar-refractivity contribution is -0.179. The molecule has 128 valence electrons. The summed E-state index contributed by atoms with van der Waals surface area (Å²) in [5, 5.41) is 29.5. The normalized spacial score (nSPS) is 27.1. The van der Waals surface area contributed by atoms with E-state index in [9.17, 15) is 15.3 Å². The Morgan fingerprint density at radius 2 is 1.62 bits per heavy atom. The quantitative estimate of drug-likeness (QED) is 0.785. The Labute approximate surface area is 142 Å². The Balaban J connectivity index is 1.72. The Kier molecular flexibility index (Phi) is 5.63. The van der Waals surface area contributed by atoms with Crippen LogP contribution in [0.3, 0.4) is 0 Å². The molecule has 0 saturated carbocycles. The predicted molar refractivity (Wildman–Crippen MR) is 91.6 cm³/mol. The second-order valence-corrected chi connectivity index (χ2v) is 6.39. The predicted octanol–water partition coefficient (Wildman–Crippen LogP) is 2.02. The van der Waals surface area contributed by atoms with Gasteiger partial charge in [0.05, 0.1) is 18.8 Å². The van der Waals surface area contributed by atoms with E-state index in [2.05, 4.69) is 18.2 Å². The zero-order valence-corrected chi connectivity index (χ0v) is 13.6. The Morgan fingerprint density at radius 3 is 2.38 bits per heavy atom. The molecular weight excluding hydrogens is 304 g/mol. The molecule has 0 amide bonds. The fourth-order valence-corrected chi connectivity index (χ4v) is 3.21. The molecule has 0 radical (unpaired) electrons. The van der Waals surface area contributed by atoms with Gasteiger partial charge in [0, 0.05) is 6.42 Å². The summed E-state index contributed by atoms with van der Waals surface area (Å²) in [7, 11) is 0. The third-order valence-electron chi connectivity index (χ3n) is 4.58. The summed E-state index contributed by atoms with van der Waals surface area (Å²) in [6.07, 6.45) is -0.815. The maximum absolute atomic E-state index is 10.2. The van der Waals surface area contributed by atoms with E-state index in [-0.39, 0.29) is 13.0 Å². The average Bonchev–Trinajstić information content (AvgIpc) is 2.63. The molecule has 0 aliphatic carbocycles. The summed E-state index contributed by atoms with van der Waals surface area (Å²) < 4.78 is 5.76. The van der Waals surface area contributed by atoms with Crippen molar-refractivity contribution in [1.82, 2.24) is 0 Å². The van der Waals surface area contributed by atoms with Gasteiger partial charge >= 0.3 is 0 Å². The van der Waals surface area contributed by atoms with Crippen molar-refractivity contribution >= 4 is 0 Å². The van der Waals surface area contributed by atoms with Crippen molar-refractivity contribution < 1.29 is 20.1 Å². The Morgan fingerprint density at radius 1 is 0.917 bits per heavy atom. The molecule has 0 bridgehead atoms. The molecule has 1 heterocycles. The molecule has 3 N–H and O–H groups in total. The molecule has 1 aliphatic heterocycles. The SMILES string of the molecule is OCC1CC(O)C(O)C(c2cccc(CCc3ccccc3)c2)O1. The fraction of sp³-hybridized carbons (Fsp3) is 0.400. The molecule has 0 aromatic heterocycles. The molecule has 24 heavy (non-hydrogen) atoms. The van der Waals surface area contributed by atoms with Crippen LogP contribution < -0.4 is 0 Å². The number of benzene rings is 2. The van der Waals surface area contributed by atoms with E-state index < -0.39 is 24.4 Å². The fourth-order valence-electron chi connectivity index (χ4n) is 3.21. The van der Waals surface area contributed by atoms with Crippen LogP contribution in [0.5, 0.6) is 0 Å². The van der Waals surface area contributed by atoms with Crippen LogP contribution in [0.4, 0.5) is 0 Å². The second-order valence-electron chi connectivity index (χ2n) is 6.39. The van der Waals surface area contributed by atoms with Crippen LogP contribution >= 0.6 is 0 Å². The largest absolute Gasteiger partial charge is 0.394 e. The van der Waals surface area contributed by atoms with Gasteiger partial charge in [0.2, 0.25) is 0 Å². The van der Waals surface area contributed by atoms with Crippen molar-refractivity contribution in [2.24, 2.45) is 0 Å². The first kappa shape index (κ1) is 17.1. The molecule has 3 rings (SSSR count). The Bertz CT molecular complexity index is 643. The molecule has 4 heteroatoms. The van der Waals surface area contributed by atoms with E-state index in [0.29, 0.717) is 0 Å². The highest BCUT2D eigenvalue weighted by Gasteiger charge is 2.37. The van der Waals surface area contributed by atoms with Gasteiger partial charge in [-0.05, 0) is 29.5 Å². The zero-order valence-electron chi connectivity index (χ0n) is 13.6. The van der Waals surface area contributed by atoms with Gasteiger partial charge < -0.3 is 20.1 Å². The van der Waals surface area contributed by atoms with Crippen LogP contribution in [0.2, 0.25) is 0 Å². The van der Waals surface area contributed by atoms with Gasteiger partial charge in [-0.2, -0.15) is 0 Å². The number of hydrogen-bond donors (Lipinski definition) is 3. The van der Waals surface area contributed by atoms with Crippen LogP contribution in [0.15, 0.2) is 54.6 Å². The standard InChI is InChI=1S/C20H24O4/c21-13-17-12-18(22)19(23)20(24-17)16-8-4-7-15(11-16)10-9-14-5-2-1-3-6-14/h1-8,11,17-23H,9-10,12-13H2. The van der Waals surface area contributed by atoms with Gasteiger partial charge in [-0.3, -0.25) is 0 Å². The van der Waals surface area contributed by atoms with Crippen molar-refractivity contribution in [3.63, 3.8) is 0 Å². The minimum Gasteiger partial charge on any atom is -0.394 e. The molecule has 1 aliphatic rings. The first-order chi connectivity index (χ1) is 11.7. The van der Waals surface area contributed by atoms with Gasteiger partial charge in [-0.1, -0.05) is 54.6 Å². The molecule has 0 spiro atoms. The van der Waals surface area contributed by atoms with Crippen LogP contribution in [0.25, 0.3) is 0 Å². The third-order valence-corrected chi connectivity index (χ3v) is 4.58. The summed E-state index contributed by atoms with van der Waals surface area (Å²) in [5.74, 6) is 0. The minimum atomic E-state index is -0.975. The molecule has 2 aromatic rings. The van der Waals surface area contributed by atoms with Crippen LogP contribution in [-0.2, 0) is 17.6 Å². The number of aliphatic hydroxyl groups excluding tert-OH is 3. The third kappa shape index (κ3) is 4.02. The van der Waals surface area contributed by atoms with Gasteiger partial charge in [-0.15, -0.1) is 0 Å². The summed E-state index contributed by atoms with van der Waals surface area (Å²) in [6, 6.07) is 18.2. The van der Waals surface area contributed by atoms with Gasteiger partial charge in [0.15, 0.2) is 0 Å². The highest BCUT2D eigenvalue weighted by molar-refractivity contribution is 5.28. The maximum Gasteiger partial charge on any atom is 0.111 e. The summed E-state index contributed by atoms with van der Waals surface area (Å²) in [5.41, 5.74) is 3.28. The lowest BCUT2D eigenvalue weighted by atomic mass is 9.92. The first-order valence-corrected chi connectivity index (χ1v) is 8.42. The molecule has 4 nitrogen and oxygen atoms in total. The van der Waals surface area contributed by atoms with Crippen molar-refractivity contribution in [3.8, 4) is 0 Å². The van der Waals surface area contributed by atoms with Crippen molar-refractivity contribution in [2.45, 2.75) is 43.7 Å². The van der Waals surface area contributed by atoms with Crippen molar-refractivity contribution in [1.29, 1.82) is 0 Å². The van der Waals surface area contributed by atoms with E-state index >= 15 is 0 Å². The first-order valence-electron chi connectivity index (χ1n) is 8.42. The van der Waals surface area contributed by atoms with Crippen molar-refractivity contribution in [2.75, 3.05) is 6.61 Å². The number of hydrogen-bond acceptors (Lipinski definition) is 4. The topological polar surface area (TPSA) is 69.9 Å². The number of ether oxygens (including phenoxy) is 1. The highest BCUT2D eigenvalue weighted by Crippen LogP contribution is 2.32. The highest BCUT2D eigenvalue weighted by atomic mass is 16.5. The summed E-state index contributed by atoms with van der Waals surface area (Å²) in [4.78, 5) is 0. The monoisotopic (exact) mass is 328 g/mol. The van der Waals surface area contributed by atoms with Gasteiger partial charge in [0.1, 0.15) is 12.2 Å². The lowest BCUT2D eigenvalue weighted by Gasteiger charge is -2.37. The summed E-state index contributed by atoms with van der Waals surface area (Å²) in [6.45, 7) is -0.159. The molecule has 2 aromatic carbocycles. The number of aliphatic hydroxyl groups is 3. The van der Waals surface area contributed by atoms with Gasteiger partial charge in [0.25, 0.3) is 0 Å². The molecule has 1 saturated heterocycles. The Hall–Kier alpha value is -1.72. The minimum absolute atomic E-state index is 0.159. The van der Waals surface area contributed by atoms with Gasteiger partial charge in [-0.25, -0.2) is 0 Å². The van der Waals surface area contributed by atoms with Crippen LogP contribution in [-0.4, -0.2) is 40.2 Å². The molecular formula is C20H24O4. The van der Waals surface area contributed by atoms with E-state index in [4.69, 9.17) is 4.74 Å². The number of rotatable bonds is 5. The average molecular weight is 328 g/mol. The van der Waals surface area contributed by atoms with Crippen LogP contribution in [0.1, 0.15) is 29.2 Å². The molecule has 4 atom stereocenters. The lowest BCUT2D eigenvalue weighted by Crippen LogP contribution is -2.44. The number of aryl methyl sites for hydroxylation is 2. The second kappa shape index (κ2) is 7.90. The van der Waals surface area contributed by atoms with Crippen LogP contribution in [0, 0.1) is 0 Å². The molecule has 4 unspecified atom stereocenters. The summed E-state index contributed by atoms with van der Waals surface area (Å²) >= 11 is 0. The molecule has 1 fully saturated rings.